The highest BCUT2D eigenvalue weighted by molar-refractivity contribution is 9.10. The van der Waals surface area contributed by atoms with Crippen molar-refractivity contribution >= 4 is 32.9 Å². The zero-order valence-corrected chi connectivity index (χ0v) is 17.3. The molecule has 0 spiro atoms. The van der Waals surface area contributed by atoms with Crippen LogP contribution in [0.1, 0.15) is 55.2 Å². The van der Waals surface area contributed by atoms with Gasteiger partial charge in [0.15, 0.2) is 0 Å². The Labute approximate surface area is 169 Å². The number of fused-ring (bicyclic) bond motifs is 1. The van der Waals surface area contributed by atoms with Crippen molar-refractivity contribution in [3.8, 4) is 0 Å². The molecule has 3 rings (SSSR count). The molecule has 3 aromatic rings. The van der Waals surface area contributed by atoms with Gasteiger partial charge in [0.25, 0.3) is 5.91 Å². The molecule has 4 nitrogen and oxygen atoms in total. The maximum atomic E-state index is 12.5. The van der Waals surface area contributed by atoms with Crippen LogP contribution in [0.4, 0.5) is 0 Å². The predicted molar refractivity (Wildman–Crippen MR) is 114 cm³/mol. The molecule has 0 saturated carbocycles. The fraction of sp³-hybridized carbons (Fsp3) is 0.364. The summed E-state index contributed by atoms with van der Waals surface area (Å²) in [7, 11) is 0. The molecule has 27 heavy (non-hydrogen) atoms. The Kier molecular flexibility index (Phi) is 7.04. The lowest BCUT2D eigenvalue weighted by molar-refractivity contribution is 0.0949. The van der Waals surface area contributed by atoms with Gasteiger partial charge in [-0.15, -0.1) is 0 Å². The standard InChI is InChI=1S/C22H26BrN3O/c1-2-3-4-5-8-14-26-20-13-7-6-12-19(20)25-21(26)16-24-22(27)17-10-9-11-18(23)15-17/h6-7,9-13,15H,2-5,8,14,16H2,1H3,(H,24,27). The Bertz CT molecular complexity index is 903. The lowest BCUT2D eigenvalue weighted by Gasteiger charge is -2.10. The minimum absolute atomic E-state index is 0.0853. The Morgan fingerprint density at radius 2 is 1.89 bits per heavy atom. The number of carbonyl (C=O) groups is 1. The molecule has 1 amide bonds. The molecule has 0 bridgehead atoms. The number of aryl methyl sites for hydroxylation is 1. The van der Waals surface area contributed by atoms with E-state index in [4.69, 9.17) is 4.98 Å². The molecule has 0 radical (unpaired) electrons. The van der Waals surface area contributed by atoms with Gasteiger partial charge in [0.05, 0.1) is 17.6 Å². The molecular weight excluding hydrogens is 402 g/mol. The number of carbonyl (C=O) groups excluding carboxylic acids is 1. The van der Waals surface area contributed by atoms with Gasteiger partial charge in [-0.3, -0.25) is 4.79 Å². The second kappa shape index (κ2) is 9.70. The smallest absolute Gasteiger partial charge is 0.251 e. The second-order valence-corrected chi connectivity index (χ2v) is 7.69. The summed E-state index contributed by atoms with van der Waals surface area (Å²) in [5.74, 6) is 0.827. The van der Waals surface area contributed by atoms with Gasteiger partial charge in [0.2, 0.25) is 0 Å². The number of unbranched alkanes of at least 4 members (excludes halogenated alkanes) is 4. The Balaban J connectivity index is 1.71. The fourth-order valence-corrected chi connectivity index (χ4v) is 3.67. The van der Waals surface area contributed by atoms with E-state index in [2.05, 4.69) is 38.8 Å². The number of amides is 1. The summed E-state index contributed by atoms with van der Waals surface area (Å²) in [6.45, 7) is 3.59. The van der Waals surface area contributed by atoms with Crippen molar-refractivity contribution in [2.24, 2.45) is 0 Å². The van der Waals surface area contributed by atoms with Crippen LogP contribution in [0.5, 0.6) is 0 Å². The van der Waals surface area contributed by atoms with Gasteiger partial charge < -0.3 is 9.88 Å². The number of hydrogen-bond acceptors (Lipinski definition) is 2. The van der Waals surface area contributed by atoms with E-state index in [0.29, 0.717) is 12.1 Å². The molecule has 0 aliphatic heterocycles. The van der Waals surface area contributed by atoms with Crippen LogP contribution < -0.4 is 5.32 Å². The Morgan fingerprint density at radius 3 is 2.70 bits per heavy atom. The SMILES string of the molecule is CCCCCCCn1c(CNC(=O)c2cccc(Br)c2)nc2ccccc21. The van der Waals surface area contributed by atoms with Crippen molar-refractivity contribution in [3.63, 3.8) is 0 Å². The van der Waals surface area contributed by atoms with Gasteiger partial charge in [-0.25, -0.2) is 4.98 Å². The summed E-state index contributed by atoms with van der Waals surface area (Å²) in [4.78, 5) is 17.2. The number of nitrogens with one attached hydrogen (secondary N) is 1. The fourth-order valence-electron chi connectivity index (χ4n) is 3.27. The van der Waals surface area contributed by atoms with Crippen molar-refractivity contribution in [2.45, 2.75) is 52.1 Å². The lowest BCUT2D eigenvalue weighted by Crippen LogP contribution is -2.24. The molecule has 0 aliphatic carbocycles. The molecule has 1 heterocycles. The first kappa shape index (κ1) is 19.6. The molecule has 0 fully saturated rings. The monoisotopic (exact) mass is 427 g/mol. The van der Waals surface area contributed by atoms with E-state index in [1.54, 1.807) is 0 Å². The predicted octanol–water partition coefficient (Wildman–Crippen LogP) is 5.70. The average Bonchev–Trinajstić information content (AvgIpc) is 3.03. The van der Waals surface area contributed by atoms with Crippen LogP contribution in [0.2, 0.25) is 0 Å². The topological polar surface area (TPSA) is 46.9 Å². The van der Waals surface area contributed by atoms with E-state index in [1.165, 1.54) is 25.7 Å². The zero-order valence-electron chi connectivity index (χ0n) is 15.7. The Morgan fingerprint density at radius 1 is 1.07 bits per heavy atom. The first-order valence-corrected chi connectivity index (χ1v) is 10.5. The van der Waals surface area contributed by atoms with Gasteiger partial charge >= 0.3 is 0 Å². The average molecular weight is 428 g/mol. The largest absolute Gasteiger partial charge is 0.345 e. The van der Waals surface area contributed by atoms with Crippen molar-refractivity contribution < 1.29 is 4.79 Å². The van der Waals surface area contributed by atoms with E-state index in [9.17, 15) is 4.79 Å². The van der Waals surface area contributed by atoms with Crippen LogP contribution in [-0.4, -0.2) is 15.5 Å². The van der Waals surface area contributed by atoms with Crippen LogP contribution in [0.15, 0.2) is 53.0 Å². The number of aromatic nitrogens is 2. The van der Waals surface area contributed by atoms with Gasteiger partial charge in [-0.2, -0.15) is 0 Å². The first-order chi connectivity index (χ1) is 13.2. The summed E-state index contributed by atoms with van der Waals surface area (Å²) in [5, 5.41) is 3.01. The van der Waals surface area contributed by atoms with Crippen LogP contribution >= 0.6 is 15.9 Å². The van der Waals surface area contributed by atoms with Crippen molar-refractivity contribution in [1.29, 1.82) is 0 Å². The van der Waals surface area contributed by atoms with E-state index in [1.807, 2.05) is 42.5 Å². The highest BCUT2D eigenvalue weighted by Crippen LogP contribution is 2.18. The third kappa shape index (κ3) is 5.19. The van der Waals surface area contributed by atoms with Crippen molar-refractivity contribution in [2.75, 3.05) is 0 Å². The summed E-state index contributed by atoms with van der Waals surface area (Å²) < 4.78 is 3.15. The van der Waals surface area contributed by atoms with Gasteiger partial charge in [-0.1, -0.05) is 66.7 Å². The second-order valence-electron chi connectivity index (χ2n) is 6.78. The summed E-state index contributed by atoms with van der Waals surface area (Å²) >= 11 is 3.41. The molecule has 0 unspecified atom stereocenters. The van der Waals surface area contributed by atoms with E-state index < -0.39 is 0 Å². The van der Waals surface area contributed by atoms with Crippen LogP contribution in [-0.2, 0) is 13.1 Å². The number of halogens is 1. The van der Waals surface area contributed by atoms with E-state index in [0.717, 1.165) is 34.3 Å². The van der Waals surface area contributed by atoms with Crippen molar-refractivity contribution in [3.05, 3.63) is 64.4 Å². The number of hydrogen-bond donors (Lipinski definition) is 1. The minimum atomic E-state index is -0.0853. The molecule has 1 N–H and O–H groups in total. The quantitative estimate of drug-likeness (QED) is 0.445. The number of rotatable bonds is 9. The van der Waals surface area contributed by atoms with Crippen LogP contribution in [0, 0.1) is 0 Å². The highest BCUT2D eigenvalue weighted by Gasteiger charge is 2.12. The maximum Gasteiger partial charge on any atom is 0.251 e. The van der Waals surface area contributed by atoms with Crippen LogP contribution in [0.25, 0.3) is 11.0 Å². The number of nitrogens with zero attached hydrogens (tertiary/aromatic N) is 2. The molecule has 0 aliphatic rings. The van der Waals surface area contributed by atoms with Gasteiger partial charge in [0, 0.05) is 16.6 Å². The minimum Gasteiger partial charge on any atom is -0.345 e. The third-order valence-electron chi connectivity index (χ3n) is 4.71. The molecule has 5 heteroatoms. The van der Waals surface area contributed by atoms with Gasteiger partial charge in [-0.05, 0) is 36.8 Å². The van der Waals surface area contributed by atoms with E-state index in [-0.39, 0.29) is 5.91 Å². The zero-order chi connectivity index (χ0) is 19.1. The van der Waals surface area contributed by atoms with Crippen LogP contribution in [0.3, 0.4) is 0 Å². The number of benzene rings is 2. The molecule has 0 atom stereocenters. The summed E-state index contributed by atoms with van der Waals surface area (Å²) in [6.07, 6.45) is 6.18. The number of para-hydroxylation sites is 2. The Hall–Kier alpha value is -2.14. The van der Waals surface area contributed by atoms with Gasteiger partial charge in [0.1, 0.15) is 5.82 Å². The number of imidazole rings is 1. The van der Waals surface area contributed by atoms with E-state index >= 15 is 0 Å². The molecule has 142 valence electrons. The molecule has 2 aromatic carbocycles. The molecule has 1 aromatic heterocycles. The van der Waals surface area contributed by atoms with Crippen molar-refractivity contribution in [1.82, 2.24) is 14.9 Å². The summed E-state index contributed by atoms with van der Waals surface area (Å²) in [6, 6.07) is 15.6. The first-order valence-electron chi connectivity index (χ1n) is 9.67. The molecular formula is C22H26BrN3O. The molecule has 0 saturated heterocycles. The normalized spacial score (nSPS) is 11.0. The summed E-state index contributed by atoms with van der Waals surface area (Å²) in [5.41, 5.74) is 2.77. The highest BCUT2D eigenvalue weighted by atomic mass is 79.9. The maximum absolute atomic E-state index is 12.5. The third-order valence-corrected chi connectivity index (χ3v) is 5.21. The lowest BCUT2D eigenvalue weighted by atomic mass is 10.1.